The fraction of sp³-hybridized carbons (Fsp3) is 0.333. The number of nitrogens with zero attached hydrogens (tertiary/aromatic N) is 5. The van der Waals surface area contributed by atoms with Gasteiger partial charge in [0.15, 0.2) is 5.65 Å². The fourth-order valence-electron chi connectivity index (χ4n) is 4.69. The summed E-state index contributed by atoms with van der Waals surface area (Å²) in [6, 6.07) is 10.5. The molecule has 0 radical (unpaired) electrons. The quantitative estimate of drug-likeness (QED) is 0.499. The molecular formula is C21H22N8. The van der Waals surface area contributed by atoms with E-state index in [4.69, 9.17) is 10.1 Å². The van der Waals surface area contributed by atoms with E-state index in [9.17, 15) is 0 Å². The highest BCUT2D eigenvalue weighted by Crippen LogP contribution is 2.46. The Balaban J connectivity index is 1.28. The van der Waals surface area contributed by atoms with E-state index in [1.54, 1.807) is 6.20 Å². The molecular weight excluding hydrogens is 364 g/mol. The largest absolute Gasteiger partial charge is 0.367 e. The summed E-state index contributed by atoms with van der Waals surface area (Å²) in [5.41, 5.74) is 4.82. The van der Waals surface area contributed by atoms with Gasteiger partial charge in [-0.05, 0) is 55.5 Å². The summed E-state index contributed by atoms with van der Waals surface area (Å²) in [6.45, 7) is 2.31. The molecule has 0 unspecified atom stereocenters. The van der Waals surface area contributed by atoms with Gasteiger partial charge in [0.2, 0.25) is 0 Å². The van der Waals surface area contributed by atoms with Crippen LogP contribution < -0.4 is 10.6 Å². The zero-order valence-corrected chi connectivity index (χ0v) is 16.0. The van der Waals surface area contributed by atoms with Gasteiger partial charge in [-0.25, -0.2) is 14.5 Å². The van der Waals surface area contributed by atoms with Crippen molar-refractivity contribution >= 4 is 11.5 Å². The summed E-state index contributed by atoms with van der Waals surface area (Å²) in [6.07, 6.45) is 9.16. The maximum Gasteiger partial charge on any atom is 0.154 e. The minimum Gasteiger partial charge on any atom is -0.367 e. The molecule has 1 saturated carbocycles. The molecule has 5 heterocycles. The third-order valence-electron chi connectivity index (χ3n) is 6.21. The second-order valence-electron chi connectivity index (χ2n) is 8.20. The Hall–Kier alpha value is -3.26. The van der Waals surface area contributed by atoms with E-state index in [1.165, 1.54) is 19.3 Å². The van der Waals surface area contributed by atoms with E-state index in [1.807, 2.05) is 47.2 Å². The standard InChI is InChI=1S/C21H22N8/c1-2-17(27-19(3-1)26-15-8-21(9-15)6-7-22-13-21)18-12-23-20-5-4-16(28-29(18)20)14-10-24-25-11-14/h1-5,10-12,15,22H,6-9,13H2,(H,24,25)(H,26,27). The first-order chi connectivity index (χ1) is 14.3. The van der Waals surface area contributed by atoms with Gasteiger partial charge >= 0.3 is 0 Å². The van der Waals surface area contributed by atoms with Crippen molar-refractivity contribution in [2.75, 3.05) is 18.4 Å². The molecule has 0 amide bonds. The normalized spacial score (nSPS) is 23.5. The van der Waals surface area contributed by atoms with Gasteiger partial charge in [-0.2, -0.15) is 10.2 Å². The molecule has 3 N–H and O–H groups in total. The summed E-state index contributed by atoms with van der Waals surface area (Å²) in [7, 11) is 0. The Bertz CT molecular complexity index is 1150. The van der Waals surface area contributed by atoms with Crippen molar-refractivity contribution in [3.63, 3.8) is 0 Å². The molecule has 4 aromatic rings. The van der Waals surface area contributed by atoms with Gasteiger partial charge in [-0.3, -0.25) is 5.10 Å². The lowest BCUT2D eigenvalue weighted by Gasteiger charge is -2.45. The number of aromatic nitrogens is 6. The van der Waals surface area contributed by atoms with Crippen molar-refractivity contribution in [3.8, 4) is 22.6 Å². The van der Waals surface area contributed by atoms with Crippen LogP contribution in [0.2, 0.25) is 0 Å². The smallest absolute Gasteiger partial charge is 0.154 e. The molecule has 1 aliphatic carbocycles. The lowest BCUT2D eigenvalue weighted by Crippen LogP contribution is -2.46. The summed E-state index contributed by atoms with van der Waals surface area (Å²) in [4.78, 5) is 9.34. The number of rotatable bonds is 4. The molecule has 146 valence electrons. The molecule has 8 nitrogen and oxygen atoms in total. The van der Waals surface area contributed by atoms with Crippen LogP contribution in [0.25, 0.3) is 28.3 Å². The highest BCUT2D eigenvalue weighted by Gasteiger charge is 2.45. The average Bonchev–Trinajstić information content (AvgIpc) is 3.47. The average molecular weight is 386 g/mol. The van der Waals surface area contributed by atoms with E-state index >= 15 is 0 Å². The zero-order chi connectivity index (χ0) is 19.3. The lowest BCUT2D eigenvalue weighted by atomic mass is 9.65. The third kappa shape index (κ3) is 2.87. The van der Waals surface area contributed by atoms with E-state index in [0.29, 0.717) is 11.5 Å². The van der Waals surface area contributed by atoms with Crippen LogP contribution in [-0.4, -0.2) is 48.9 Å². The molecule has 0 bridgehead atoms. The maximum atomic E-state index is 4.85. The topological polar surface area (TPSA) is 95.8 Å². The molecule has 6 rings (SSSR count). The van der Waals surface area contributed by atoms with Crippen molar-refractivity contribution in [1.82, 2.24) is 35.1 Å². The van der Waals surface area contributed by atoms with Gasteiger partial charge in [-0.15, -0.1) is 0 Å². The van der Waals surface area contributed by atoms with Crippen LogP contribution in [0.5, 0.6) is 0 Å². The molecule has 0 atom stereocenters. The first-order valence-corrected chi connectivity index (χ1v) is 10.1. The second kappa shape index (κ2) is 6.38. The van der Waals surface area contributed by atoms with Crippen LogP contribution in [0.4, 0.5) is 5.82 Å². The maximum absolute atomic E-state index is 4.85. The Morgan fingerprint density at radius 1 is 1.10 bits per heavy atom. The zero-order valence-electron chi connectivity index (χ0n) is 16.0. The van der Waals surface area contributed by atoms with E-state index < -0.39 is 0 Å². The van der Waals surface area contributed by atoms with E-state index in [0.717, 1.165) is 47.2 Å². The van der Waals surface area contributed by atoms with Gasteiger partial charge in [0.25, 0.3) is 0 Å². The Kier molecular flexibility index (Phi) is 3.67. The van der Waals surface area contributed by atoms with Crippen LogP contribution >= 0.6 is 0 Å². The SMILES string of the molecule is c1cc(NC2CC3(CCNC3)C2)nc(-c2cnc3ccc(-c4cn[nH]c4)nn23)c1. The molecule has 2 aliphatic rings. The number of aromatic amines is 1. The molecule has 4 aromatic heterocycles. The van der Waals surface area contributed by atoms with Crippen molar-refractivity contribution in [2.45, 2.75) is 25.3 Å². The Morgan fingerprint density at radius 2 is 2.07 bits per heavy atom. The molecule has 1 spiro atoms. The minimum absolute atomic E-state index is 0.505. The van der Waals surface area contributed by atoms with Gasteiger partial charge < -0.3 is 10.6 Å². The number of H-pyrrole nitrogens is 1. The number of fused-ring (bicyclic) bond motifs is 1. The molecule has 8 heteroatoms. The first-order valence-electron chi connectivity index (χ1n) is 10.1. The summed E-state index contributed by atoms with van der Waals surface area (Å²) < 4.78 is 1.84. The Labute approximate surface area is 167 Å². The number of nitrogens with one attached hydrogen (secondary N) is 3. The first kappa shape index (κ1) is 16.7. The second-order valence-corrected chi connectivity index (χ2v) is 8.20. The van der Waals surface area contributed by atoms with Crippen LogP contribution in [-0.2, 0) is 0 Å². The number of hydrogen-bond donors (Lipinski definition) is 3. The van der Waals surface area contributed by atoms with Crippen LogP contribution in [0.1, 0.15) is 19.3 Å². The molecule has 2 fully saturated rings. The number of pyridine rings is 1. The number of anilines is 1. The minimum atomic E-state index is 0.505. The van der Waals surface area contributed by atoms with Crippen molar-refractivity contribution in [3.05, 3.63) is 48.9 Å². The predicted octanol–water partition coefficient (Wildman–Crippen LogP) is 2.74. The van der Waals surface area contributed by atoms with Gasteiger partial charge in [0.1, 0.15) is 11.5 Å². The third-order valence-corrected chi connectivity index (χ3v) is 6.21. The summed E-state index contributed by atoms with van der Waals surface area (Å²) in [5.74, 6) is 0.911. The molecule has 0 aromatic carbocycles. The van der Waals surface area contributed by atoms with E-state index in [2.05, 4.69) is 25.8 Å². The van der Waals surface area contributed by atoms with Gasteiger partial charge in [0.05, 0.1) is 23.8 Å². The number of hydrogen-bond acceptors (Lipinski definition) is 6. The highest BCUT2D eigenvalue weighted by atomic mass is 15.3. The summed E-state index contributed by atoms with van der Waals surface area (Å²) >= 11 is 0. The highest BCUT2D eigenvalue weighted by molar-refractivity contribution is 5.64. The van der Waals surface area contributed by atoms with Crippen LogP contribution in [0.15, 0.2) is 48.9 Å². The predicted molar refractivity (Wildman–Crippen MR) is 110 cm³/mol. The van der Waals surface area contributed by atoms with E-state index in [-0.39, 0.29) is 0 Å². The monoisotopic (exact) mass is 386 g/mol. The molecule has 29 heavy (non-hydrogen) atoms. The van der Waals surface area contributed by atoms with Gasteiger partial charge in [0, 0.05) is 24.3 Å². The molecule has 1 saturated heterocycles. The van der Waals surface area contributed by atoms with Crippen molar-refractivity contribution in [1.29, 1.82) is 0 Å². The van der Waals surface area contributed by atoms with Crippen LogP contribution in [0, 0.1) is 5.41 Å². The van der Waals surface area contributed by atoms with Crippen molar-refractivity contribution in [2.24, 2.45) is 5.41 Å². The molecule has 1 aliphatic heterocycles. The lowest BCUT2D eigenvalue weighted by molar-refractivity contribution is 0.141. The number of imidazole rings is 1. The van der Waals surface area contributed by atoms with Gasteiger partial charge in [-0.1, -0.05) is 6.07 Å². The summed E-state index contributed by atoms with van der Waals surface area (Å²) in [5, 5.41) is 18.7. The van der Waals surface area contributed by atoms with Crippen molar-refractivity contribution < 1.29 is 0 Å². The van der Waals surface area contributed by atoms with Crippen LogP contribution in [0.3, 0.4) is 0 Å². The fourth-order valence-corrected chi connectivity index (χ4v) is 4.69. The Morgan fingerprint density at radius 3 is 2.90 bits per heavy atom.